The highest BCUT2D eigenvalue weighted by molar-refractivity contribution is 6.22. The third-order valence-electron chi connectivity index (χ3n) is 8.70. The highest BCUT2D eigenvalue weighted by Crippen LogP contribution is 2.52. The minimum atomic E-state index is -1.50. The van der Waals surface area contributed by atoms with Crippen LogP contribution in [0.2, 0.25) is 0 Å². The Morgan fingerprint density at radius 3 is 1.65 bits per heavy atom. The lowest BCUT2D eigenvalue weighted by molar-refractivity contribution is 0.660. The van der Waals surface area contributed by atoms with Gasteiger partial charge in [0.1, 0.15) is 11.2 Å². The highest BCUT2D eigenvalue weighted by Gasteiger charge is 2.36. The minimum Gasteiger partial charge on any atom is -0.456 e. The summed E-state index contributed by atoms with van der Waals surface area (Å²) in [6.45, 7) is 3.03. The van der Waals surface area contributed by atoms with Gasteiger partial charge < -0.3 is 4.42 Å². The first-order chi connectivity index (χ1) is 34.4. The lowest BCUT2D eigenvalue weighted by Crippen LogP contribution is -2.14. The molecule has 1 aliphatic carbocycles. The summed E-state index contributed by atoms with van der Waals surface area (Å²) in [6.07, 6.45) is 0. The molecule has 0 fully saturated rings. The smallest absolute Gasteiger partial charge is 0.135 e. The topological polar surface area (TPSA) is 13.1 Å². The molecule has 0 aliphatic heterocycles. The van der Waals surface area contributed by atoms with E-state index in [1.165, 1.54) is 13.8 Å². The summed E-state index contributed by atoms with van der Waals surface area (Å²) in [5, 5.41) is -3.75. The zero-order chi connectivity index (χ0) is 54.6. The van der Waals surface area contributed by atoms with Gasteiger partial charge in [0.25, 0.3) is 0 Å². The molecule has 9 aromatic rings. The molecule has 1 nitrogen and oxygen atoms in total. The summed E-state index contributed by atoms with van der Waals surface area (Å²) < 4.78 is 242. The molecule has 1 heterocycles. The average Bonchev–Trinajstić information content (AvgIpc) is 3.88. The molecule has 1 aliphatic rings. The van der Waals surface area contributed by atoms with Gasteiger partial charge in [-0.2, -0.15) is 0 Å². The fourth-order valence-corrected chi connectivity index (χ4v) is 6.55. The zero-order valence-electron chi connectivity index (χ0n) is 50.9. The molecule has 0 saturated carbocycles. The fourth-order valence-electron chi connectivity index (χ4n) is 6.55. The first-order valence-corrected chi connectivity index (χ1v) is 14.7. The van der Waals surface area contributed by atoms with Crippen molar-refractivity contribution in [1.82, 2.24) is 0 Å². The van der Waals surface area contributed by atoms with Gasteiger partial charge in [-0.15, -0.1) is 0 Å². The molecule has 1 aromatic heterocycles. The van der Waals surface area contributed by atoms with Crippen LogP contribution in [0.3, 0.4) is 0 Å². The van der Waals surface area contributed by atoms with Crippen molar-refractivity contribution in [1.29, 1.82) is 0 Å². The summed E-state index contributed by atoms with van der Waals surface area (Å²) in [4.78, 5) is 0. The van der Waals surface area contributed by atoms with Gasteiger partial charge in [-0.25, -0.2) is 0 Å². The maximum Gasteiger partial charge on any atom is 0.135 e. The number of benzene rings is 8. The predicted molar refractivity (Wildman–Crippen MR) is 203 cm³/mol. The largest absolute Gasteiger partial charge is 0.456 e. The van der Waals surface area contributed by atoms with E-state index in [4.69, 9.17) is 25.0 Å². The molecular weight excluding hydrogens is 581 g/mol. The van der Waals surface area contributed by atoms with Gasteiger partial charge in [-0.05, 0) is 101 Å². The van der Waals surface area contributed by atoms with Crippen molar-refractivity contribution < 1.29 is 40.1 Å². The Hall–Kier alpha value is -5.92. The van der Waals surface area contributed by atoms with Crippen LogP contribution in [0, 0.1) is 0 Å². The molecule has 0 radical (unpaired) electrons. The monoisotopic (exact) mass is 638 g/mol. The number of para-hydroxylation sites is 1. The van der Waals surface area contributed by atoms with Crippen LogP contribution in [0.1, 0.15) is 60.6 Å². The molecule has 1 heteroatoms. The standard InChI is InChI=1S/C47H32O/c1-47(2)40-22-9-7-20-38(40)46-32(21-12-23-41(46)47)29-13-11-14-30(27-29)44-34-16-3-5-18-36(34)45(37-19-6-4-17-35(37)44)31-25-26-43-39(28-31)33-15-8-10-24-42(33)48-43/h3-28H,1-2H3/i3D,4D,5D,6D,7D,8D,9D,10D,11D,12D,13D,14D,15D,16D,17D,18D,19D,20D,21D,22D,23D,24D,25D,26D,27D,28D. The predicted octanol–water partition coefficient (Wildman–Crippen LogP) is 13.2. The molecule has 0 saturated heterocycles. The van der Waals surface area contributed by atoms with E-state index >= 15 is 0 Å². The SMILES string of the molecule is [2H]c1c([2H])c(-c2c([2H])c([2H])c([2H])c3c2-c2c([2H])c([2H])c([2H])c([2H])c2C3(C)C)c([2H])c(-c2c3c([2H])c([2H])c([2H])c([2H])c3c(-c3c([2H])c([2H])c4oc5c([2H])c([2H])c([2H])c([2H])c5c4c3[2H])c3c([2H])c([2H])c([2H])c([2H])c23)c1[2H]. The van der Waals surface area contributed by atoms with Gasteiger partial charge >= 0.3 is 0 Å². The molecule has 0 atom stereocenters. The van der Waals surface area contributed by atoms with Crippen molar-refractivity contribution in [2.45, 2.75) is 19.3 Å². The van der Waals surface area contributed by atoms with Crippen LogP contribution in [0.4, 0.5) is 0 Å². The van der Waals surface area contributed by atoms with Crippen LogP contribution >= 0.6 is 0 Å². The van der Waals surface area contributed by atoms with Gasteiger partial charge in [-0.1, -0.05) is 147 Å². The lowest BCUT2D eigenvalue weighted by Gasteiger charge is -2.21. The van der Waals surface area contributed by atoms with Crippen molar-refractivity contribution in [2.75, 3.05) is 0 Å². The molecule has 226 valence electrons. The zero-order valence-corrected chi connectivity index (χ0v) is 24.9. The summed E-state index contributed by atoms with van der Waals surface area (Å²) in [5.41, 5.74) is -7.51. The third-order valence-corrected chi connectivity index (χ3v) is 8.70. The number of hydrogen-bond acceptors (Lipinski definition) is 1. The van der Waals surface area contributed by atoms with Crippen molar-refractivity contribution in [2.24, 2.45) is 0 Å². The summed E-state index contributed by atoms with van der Waals surface area (Å²) >= 11 is 0. The molecule has 10 rings (SSSR count). The van der Waals surface area contributed by atoms with Crippen LogP contribution in [0.5, 0.6) is 0 Å². The Labute approximate surface area is 316 Å². The first kappa shape index (κ1) is 12.0. The molecule has 0 bridgehead atoms. The van der Waals surface area contributed by atoms with E-state index in [-0.39, 0.29) is 22.3 Å². The summed E-state index contributed by atoms with van der Waals surface area (Å²) in [6, 6.07) is -22.1. The van der Waals surface area contributed by atoms with E-state index in [1.54, 1.807) is 0 Å². The lowest BCUT2D eigenvalue weighted by atomic mass is 9.82. The van der Waals surface area contributed by atoms with Crippen LogP contribution in [-0.4, -0.2) is 0 Å². The second-order valence-electron chi connectivity index (χ2n) is 11.6. The highest BCUT2D eigenvalue weighted by atomic mass is 16.3. The van der Waals surface area contributed by atoms with Gasteiger partial charge in [-0.3, -0.25) is 0 Å². The first-order valence-electron chi connectivity index (χ1n) is 27.7. The fraction of sp³-hybridized carbons (Fsp3) is 0.0638. The Kier molecular flexibility index (Phi) is 2.50. The summed E-state index contributed by atoms with van der Waals surface area (Å²) in [7, 11) is 0. The van der Waals surface area contributed by atoms with Crippen molar-refractivity contribution in [3.05, 3.63) is 168 Å². The normalized spacial score (nSPS) is 21.0. The Balaban J connectivity index is 1.49. The van der Waals surface area contributed by atoms with E-state index < -0.39 is 239 Å². The molecule has 8 aromatic carbocycles. The average molecular weight is 639 g/mol. The number of hydrogen-bond donors (Lipinski definition) is 0. The number of fused-ring (bicyclic) bond motifs is 8. The van der Waals surface area contributed by atoms with Crippen molar-refractivity contribution in [3.63, 3.8) is 0 Å². The molecule has 0 N–H and O–H groups in total. The van der Waals surface area contributed by atoms with Crippen molar-refractivity contribution in [3.8, 4) is 44.5 Å². The van der Waals surface area contributed by atoms with Crippen LogP contribution < -0.4 is 0 Å². The van der Waals surface area contributed by atoms with E-state index in [0.717, 1.165) is 0 Å². The Bertz CT molecular complexity index is 4150. The maximum atomic E-state index is 10.1. The molecule has 48 heavy (non-hydrogen) atoms. The Morgan fingerprint density at radius 2 is 0.917 bits per heavy atom. The van der Waals surface area contributed by atoms with E-state index in [9.17, 15) is 15.1 Å². The van der Waals surface area contributed by atoms with Crippen LogP contribution in [0.15, 0.2) is 162 Å². The van der Waals surface area contributed by atoms with Crippen LogP contribution in [-0.2, 0) is 5.41 Å². The quantitative estimate of drug-likeness (QED) is 0.176. The summed E-state index contributed by atoms with van der Waals surface area (Å²) in [5.74, 6) is 0. The molecular formula is C47H32O. The van der Waals surface area contributed by atoms with Gasteiger partial charge in [0.2, 0.25) is 0 Å². The van der Waals surface area contributed by atoms with Crippen molar-refractivity contribution >= 4 is 43.5 Å². The van der Waals surface area contributed by atoms with Gasteiger partial charge in [0, 0.05) is 16.2 Å². The number of furan rings is 1. The third kappa shape index (κ3) is 3.79. The second kappa shape index (κ2) is 10.0. The maximum absolute atomic E-state index is 10.1. The minimum absolute atomic E-state index is 0.0559. The second-order valence-corrected chi connectivity index (χ2v) is 11.6. The molecule has 0 spiro atoms. The van der Waals surface area contributed by atoms with E-state index in [2.05, 4.69) is 0 Å². The van der Waals surface area contributed by atoms with E-state index in [0.29, 0.717) is 0 Å². The Morgan fingerprint density at radius 1 is 0.396 bits per heavy atom. The molecule has 0 unspecified atom stereocenters. The van der Waals surface area contributed by atoms with Gasteiger partial charge in [0.15, 0.2) is 0 Å². The van der Waals surface area contributed by atoms with E-state index in [1.807, 2.05) is 0 Å². The number of rotatable bonds is 3. The van der Waals surface area contributed by atoms with Gasteiger partial charge in [0.05, 0.1) is 35.6 Å². The van der Waals surface area contributed by atoms with Crippen LogP contribution in [0.25, 0.3) is 88.0 Å². The molecule has 0 amide bonds.